The zero-order valence-electron chi connectivity index (χ0n) is 12.4. The molecule has 2 nitrogen and oxygen atoms in total. The van der Waals surface area contributed by atoms with Crippen LogP contribution in [0.15, 0.2) is 24.3 Å². The predicted octanol–water partition coefficient (Wildman–Crippen LogP) is 3.97. The summed E-state index contributed by atoms with van der Waals surface area (Å²) in [6, 6.07) is 4.90. The lowest BCUT2D eigenvalue weighted by atomic mass is 9.94. The van der Waals surface area contributed by atoms with Crippen molar-refractivity contribution in [3.05, 3.63) is 35.4 Å². The summed E-state index contributed by atoms with van der Waals surface area (Å²) in [5.41, 5.74) is 5.58. The van der Waals surface area contributed by atoms with Crippen molar-refractivity contribution in [1.82, 2.24) is 0 Å². The van der Waals surface area contributed by atoms with Gasteiger partial charge in [-0.3, -0.25) is 4.79 Å². The lowest BCUT2D eigenvalue weighted by Crippen LogP contribution is -2.17. The van der Waals surface area contributed by atoms with E-state index in [2.05, 4.69) is 0 Å². The molecule has 1 aromatic rings. The highest BCUT2D eigenvalue weighted by atomic mass is 19.4. The number of hydrogen-bond donors (Lipinski definition) is 1. The molecule has 21 heavy (non-hydrogen) atoms. The molecule has 1 rings (SSSR count). The van der Waals surface area contributed by atoms with Crippen LogP contribution in [-0.2, 0) is 17.4 Å². The maximum atomic E-state index is 12.4. The minimum atomic E-state index is -4.34. The zero-order chi connectivity index (χ0) is 16.0. The van der Waals surface area contributed by atoms with Crippen molar-refractivity contribution >= 4 is 5.78 Å². The highest BCUT2D eigenvalue weighted by molar-refractivity contribution is 5.82. The molecule has 1 aromatic carbocycles. The van der Waals surface area contributed by atoms with Gasteiger partial charge in [-0.25, -0.2) is 0 Å². The number of nitrogens with two attached hydrogens (primary N) is 1. The molecule has 2 N–H and O–H groups in total. The van der Waals surface area contributed by atoms with Crippen LogP contribution in [0.3, 0.4) is 0 Å². The number of ketones is 1. The fraction of sp³-hybridized carbons (Fsp3) is 0.562. The maximum Gasteiger partial charge on any atom is 0.416 e. The fourth-order valence-corrected chi connectivity index (χ4v) is 2.09. The average Bonchev–Trinajstić information content (AvgIpc) is 2.37. The second-order valence-electron chi connectivity index (χ2n) is 5.65. The highest BCUT2D eigenvalue weighted by Crippen LogP contribution is 2.29. The summed E-state index contributed by atoms with van der Waals surface area (Å²) in [5, 5.41) is 0. The van der Waals surface area contributed by atoms with Gasteiger partial charge in [-0.15, -0.1) is 0 Å². The van der Waals surface area contributed by atoms with Gasteiger partial charge in [-0.2, -0.15) is 13.2 Å². The molecule has 5 heteroatoms. The second kappa shape index (κ2) is 7.59. The normalized spacial score (nSPS) is 14.8. The third-order valence-corrected chi connectivity index (χ3v) is 3.51. The van der Waals surface area contributed by atoms with Gasteiger partial charge in [0, 0.05) is 18.4 Å². The molecule has 0 fully saturated rings. The summed E-state index contributed by atoms with van der Waals surface area (Å²) in [5.74, 6) is -0.0366. The summed E-state index contributed by atoms with van der Waals surface area (Å²) >= 11 is 0. The van der Waals surface area contributed by atoms with E-state index in [1.165, 1.54) is 12.1 Å². The molecule has 0 aliphatic heterocycles. The van der Waals surface area contributed by atoms with Crippen LogP contribution in [0, 0.1) is 5.92 Å². The Bertz CT molecular complexity index is 452. The Kier molecular flexibility index (Phi) is 6.40. The van der Waals surface area contributed by atoms with Gasteiger partial charge in [-0.05, 0) is 37.5 Å². The van der Waals surface area contributed by atoms with Crippen LogP contribution in [0.2, 0.25) is 0 Å². The first-order chi connectivity index (χ1) is 9.70. The van der Waals surface area contributed by atoms with Crippen LogP contribution in [-0.4, -0.2) is 11.8 Å². The van der Waals surface area contributed by atoms with E-state index in [1.807, 2.05) is 13.8 Å². The first-order valence-corrected chi connectivity index (χ1v) is 7.14. The number of rotatable bonds is 7. The van der Waals surface area contributed by atoms with Crippen molar-refractivity contribution < 1.29 is 18.0 Å². The van der Waals surface area contributed by atoms with Gasteiger partial charge in [0.1, 0.15) is 5.78 Å². The second-order valence-corrected chi connectivity index (χ2v) is 5.65. The quantitative estimate of drug-likeness (QED) is 0.828. The maximum absolute atomic E-state index is 12.4. The molecule has 0 bridgehead atoms. The molecular weight excluding hydrogens is 279 g/mol. The average molecular weight is 301 g/mol. The predicted molar refractivity (Wildman–Crippen MR) is 76.8 cm³/mol. The number of halogens is 3. The summed E-state index contributed by atoms with van der Waals surface area (Å²) in [7, 11) is 0. The first-order valence-electron chi connectivity index (χ1n) is 7.14. The van der Waals surface area contributed by atoms with E-state index >= 15 is 0 Å². The lowest BCUT2D eigenvalue weighted by Gasteiger charge is -2.12. The molecule has 0 aliphatic rings. The number of carbonyl (C=O) groups is 1. The molecule has 2 atom stereocenters. The van der Waals surface area contributed by atoms with Crippen molar-refractivity contribution in [2.45, 2.75) is 51.7 Å². The summed E-state index contributed by atoms with van der Waals surface area (Å²) in [4.78, 5) is 12.0. The Balaban J connectivity index is 2.51. The van der Waals surface area contributed by atoms with E-state index < -0.39 is 11.7 Å². The Morgan fingerprint density at radius 2 is 1.71 bits per heavy atom. The van der Waals surface area contributed by atoms with Crippen molar-refractivity contribution in [3.63, 3.8) is 0 Å². The van der Waals surface area contributed by atoms with Gasteiger partial charge in [0.15, 0.2) is 0 Å². The molecular formula is C16H22F3NO. The van der Waals surface area contributed by atoms with Crippen LogP contribution in [0.25, 0.3) is 0 Å². The molecule has 0 saturated heterocycles. The van der Waals surface area contributed by atoms with Gasteiger partial charge in [0.25, 0.3) is 0 Å². The van der Waals surface area contributed by atoms with Crippen LogP contribution >= 0.6 is 0 Å². The van der Waals surface area contributed by atoms with Crippen molar-refractivity contribution in [1.29, 1.82) is 0 Å². The van der Waals surface area contributed by atoms with Crippen LogP contribution in [0.5, 0.6) is 0 Å². The van der Waals surface area contributed by atoms with E-state index in [9.17, 15) is 18.0 Å². The first kappa shape index (κ1) is 17.7. The lowest BCUT2D eigenvalue weighted by molar-refractivity contribution is -0.137. The minimum absolute atomic E-state index is 0.0550. The molecule has 0 amide bonds. The van der Waals surface area contributed by atoms with Crippen molar-refractivity contribution in [3.8, 4) is 0 Å². The molecule has 0 aliphatic carbocycles. The Morgan fingerprint density at radius 1 is 1.14 bits per heavy atom. The van der Waals surface area contributed by atoms with Crippen LogP contribution < -0.4 is 5.73 Å². The largest absolute Gasteiger partial charge is 0.416 e. The number of alkyl halides is 3. The van der Waals surface area contributed by atoms with E-state index in [1.54, 1.807) is 0 Å². The summed E-state index contributed by atoms with van der Waals surface area (Å²) in [6.45, 7) is 3.78. The van der Waals surface area contributed by atoms with Gasteiger partial charge in [-0.1, -0.05) is 25.5 Å². The molecule has 118 valence electrons. The summed E-state index contributed by atoms with van der Waals surface area (Å²) in [6.07, 6.45) is -1.64. The standard InChI is InChI=1S/C16H22F3NO/c1-11(4-3-5-12(2)20)15(21)10-13-6-8-14(9-7-13)16(17,18)19/h6-9,11-12H,3-5,10,20H2,1-2H3. The molecule has 0 aromatic heterocycles. The monoisotopic (exact) mass is 301 g/mol. The van der Waals surface area contributed by atoms with Crippen LogP contribution in [0.1, 0.15) is 44.2 Å². The van der Waals surface area contributed by atoms with E-state index in [-0.39, 0.29) is 24.2 Å². The molecule has 2 unspecified atom stereocenters. The number of Topliss-reactive ketones (excluding diaryl/α,β-unsaturated/α-hetero) is 1. The fourth-order valence-electron chi connectivity index (χ4n) is 2.09. The van der Waals surface area contributed by atoms with E-state index in [0.29, 0.717) is 5.56 Å². The zero-order valence-corrected chi connectivity index (χ0v) is 12.4. The van der Waals surface area contributed by atoms with E-state index in [0.717, 1.165) is 31.4 Å². The van der Waals surface area contributed by atoms with Gasteiger partial charge < -0.3 is 5.73 Å². The number of carbonyl (C=O) groups excluding carboxylic acids is 1. The minimum Gasteiger partial charge on any atom is -0.328 e. The SMILES string of the molecule is CC(N)CCCC(C)C(=O)Cc1ccc(C(F)(F)F)cc1. The Morgan fingerprint density at radius 3 is 2.19 bits per heavy atom. The Labute approximate surface area is 123 Å². The Hall–Kier alpha value is -1.36. The molecule has 0 radical (unpaired) electrons. The van der Waals surface area contributed by atoms with Crippen molar-refractivity contribution in [2.24, 2.45) is 11.7 Å². The van der Waals surface area contributed by atoms with Crippen LogP contribution in [0.4, 0.5) is 13.2 Å². The number of hydrogen-bond acceptors (Lipinski definition) is 2. The molecule has 0 heterocycles. The highest BCUT2D eigenvalue weighted by Gasteiger charge is 2.30. The molecule has 0 saturated carbocycles. The summed E-state index contributed by atoms with van der Waals surface area (Å²) < 4.78 is 37.3. The topological polar surface area (TPSA) is 43.1 Å². The number of benzene rings is 1. The van der Waals surface area contributed by atoms with Crippen molar-refractivity contribution in [2.75, 3.05) is 0 Å². The molecule has 0 spiro atoms. The third-order valence-electron chi connectivity index (χ3n) is 3.51. The smallest absolute Gasteiger partial charge is 0.328 e. The van der Waals surface area contributed by atoms with Gasteiger partial charge in [0.2, 0.25) is 0 Å². The van der Waals surface area contributed by atoms with Gasteiger partial charge in [0.05, 0.1) is 5.56 Å². The van der Waals surface area contributed by atoms with E-state index in [4.69, 9.17) is 5.73 Å². The van der Waals surface area contributed by atoms with Gasteiger partial charge >= 0.3 is 6.18 Å². The third kappa shape index (κ3) is 6.29.